The molecule has 0 amide bonds. The Morgan fingerprint density at radius 3 is 2.71 bits per heavy atom. The van der Waals surface area contributed by atoms with Crippen molar-refractivity contribution in [2.45, 2.75) is 19.8 Å². The van der Waals surface area contributed by atoms with Crippen LogP contribution in [0.1, 0.15) is 29.3 Å². The molecule has 1 N–H and O–H groups in total. The molecule has 0 aromatic heterocycles. The van der Waals surface area contributed by atoms with Crippen LogP contribution in [0, 0.1) is 0 Å². The molecule has 0 saturated carbocycles. The van der Waals surface area contributed by atoms with Crippen molar-refractivity contribution in [3.63, 3.8) is 0 Å². The molecule has 0 aromatic carbocycles. The zero-order valence-corrected chi connectivity index (χ0v) is 9.94. The summed E-state index contributed by atoms with van der Waals surface area (Å²) in [5, 5.41) is 8.89. The number of Topliss-reactive ketones (excluding diaryl/α,β-unsaturated/α-hetero) is 1. The summed E-state index contributed by atoms with van der Waals surface area (Å²) in [6, 6.07) is 11.9. The van der Waals surface area contributed by atoms with Crippen LogP contribution in [0.2, 0.25) is 0 Å². The number of carbonyl (C=O) groups is 1. The van der Waals surface area contributed by atoms with Crippen LogP contribution < -0.4 is 0 Å². The van der Waals surface area contributed by atoms with Gasteiger partial charge in [0.25, 0.3) is 0 Å². The molecule has 2 aliphatic rings. The summed E-state index contributed by atoms with van der Waals surface area (Å²) in [5.41, 5.74) is 3.96. The lowest BCUT2D eigenvalue weighted by molar-refractivity contribution is 0.101. The van der Waals surface area contributed by atoms with E-state index >= 15 is 0 Å². The lowest BCUT2D eigenvalue weighted by atomic mass is 10.0. The van der Waals surface area contributed by atoms with E-state index in [0.29, 0.717) is 6.42 Å². The Balaban J connectivity index is 2.54. The summed E-state index contributed by atoms with van der Waals surface area (Å²) in [6.45, 7) is 1.76. The second kappa shape index (κ2) is 5.11. The number of ketones is 1. The molecule has 2 nitrogen and oxygen atoms in total. The van der Waals surface area contributed by atoms with Gasteiger partial charge >= 0.3 is 0 Å². The Morgan fingerprint density at radius 2 is 2.00 bits per heavy atom. The van der Waals surface area contributed by atoms with E-state index in [1.165, 1.54) is 0 Å². The van der Waals surface area contributed by atoms with Crippen LogP contribution in [0.3, 0.4) is 0 Å². The molecular weight excluding hydrogens is 212 g/mol. The minimum atomic E-state index is 0.0964. The van der Waals surface area contributed by atoms with Gasteiger partial charge in [0.1, 0.15) is 0 Å². The second-order valence-corrected chi connectivity index (χ2v) is 4.21. The predicted molar refractivity (Wildman–Crippen MR) is 68.5 cm³/mol. The van der Waals surface area contributed by atoms with Crippen molar-refractivity contribution in [3.05, 3.63) is 47.5 Å². The Kier molecular flexibility index (Phi) is 3.55. The molecule has 0 heterocycles. The van der Waals surface area contributed by atoms with Gasteiger partial charge < -0.3 is 5.11 Å². The highest BCUT2D eigenvalue weighted by atomic mass is 16.2. The number of carbonyl (C=O) groups excluding carboxylic acids is 1. The first-order valence-electron chi connectivity index (χ1n) is 5.86. The molecule has 0 fully saturated rings. The third-order valence-electron chi connectivity index (χ3n) is 2.95. The van der Waals surface area contributed by atoms with Crippen LogP contribution in [-0.4, -0.2) is 17.5 Å². The SMILES string of the molecule is CC(=O)c1c(CCCO)cc2cccccc1-2. The molecule has 17 heavy (non-hydrogen) atoms. The third-order valence-corrected chi connectivity index (χ3v) is 2.95. The van der Waals surface area contributed by atoms with Crippen LogP contribution in [0.25, 0.3) is 11.1 Å². The first-order chi connectivity index (χ1) is 8.24. The van der Waals surface area contributed by atoms with Crippen molar-refractivity contribution < 1.29 is 9.90 Å². The van der Waals surface area contributed by atoms with E-state index in [-0.39, 0.29) is 12.4 Å². The zero-order valence-electron chi connectivity index (χ0n) is 9.94. The average Bonchev–Trinajstić information content (AvgIpc) is 2.49. The van der Waals surface area contributed by atoms with E-state index in [1.807, 2.05) is 30.3 Å². The molecule has 0 spiro atoms. The normalized spacial score (nSPS) is 10.7. The fourth-order valence-corrected chi connectivity index (χ4v) is 2.23. The quantitative estimate of drug-likeness (QED) is 0.817. The van der Waals surface area contributed by atoms with Crippen molar-refractivity contribution in [2.75, 3.05) is 6.61 Å². The molecule has 0 bridgehead atoms. The largest absolute Gasteiger partial charge is 0.396 e. The van der Waals surface area contributed by atoms with Crippen LogP contribution in [0.4, 0.5) is 0 Å². The fourth-order valence-electron chi connectivity index (χ4n) is 2.23. The highest BCUT2D eigenvalue weighted by molar-refractivity contribution is 6.04. The van der Waals surface area contributed by atoms with Crippen molar-refractivity contribution in [1.29, 1.82) is 0 Å². The molecule has 88 valence electrons. The number of rotatable bonds is 4. The summed E-state index contributed by atoms with van der Waals surface area (Å²) in [4.78, 5) is 11.7. The van der Waals surface area contributed by atoms with Crippen molar-refractivity contribution in [1.82, 2.24) is 0 Å². The van der Waals surface area contributed by atoms with Crippen molar-refractivity contribution >= 4 is 5.78 Å². The van der Waals surface area contributed by atoms with Crippen LogP contribution in [0.5, 0.6) is 0 Å². The van der Waals surface area contributed by atoms with E-state index < -0.39 is 0 Å². The summed E-state index contributed by atoms with van der Waals surface area (Å²) in [7, 11) is 0. The second-order valence-electron chi connectivity index (χ2n) is 4.21. The molecule has 0 aromatic rings. The topological polar surface area (TPSA) is 37.3 Å². The predicted octanol–water partition coefficient (Wildman–Crippen LogP) is 2.92. The first-order valence-corrected chi connectivity index (χ1v) is 5.86. The van der Waals surface area contributed by atoms with E-state index in [9.17, 15) is 4.79 Å². The van der Waals surface area contributed by atoms with Gasteiger partial charge in [0.2, 0.25) is 0 Å². The van der Waals surface area contributed by atoms with Gasteiger partial charge in [-0.2, -0.15) is 0 Å². The van der Waals surface area contributed by atoms with Crippen molar-refractivity contribution in [3.8, 4) is 11.1 Å². The molecular formula is C15H16O2. The lowest BCUT2D eigenvalue weighted by Gasteiger charge is -2.01. The maximum atomic E-state index is 11.7. The molecule has 0 saturated heterocycles. The maximum absolute atomic E-state index is 11.7. The van der Waals surface area contributed by atoms with Gasteiger partial charge in [0.05, 0.1) is 0 Å². The Labute approximate surface area is 101 Å². The van der Waals surface area contributed by atoms with E-state index in [1.54, 1.807) is 6.92 Å². The van der Waals surface area contributed by atoms with E-state index in [2.05, 4.69) is 6.07 Å². The summed E-state index contributed by atoms with van der Waals surface area (Å²) in [5.74, 6) is 0.0964. The van der Waals surface area contributed by atoms with E-state index in [0.717, 1.165) is 28.7 Å². The Bertz CT molecular complexity index is 502. The minimum absolute atomic E-state index is 0.0964. The highest BCUT2D eigenvalue weighted by Crippen LogP contribution is 2.32. The molecule has 2 aliphatic carbocycles. The van der Waals surface area contributed by atoms with Gasteiger partial charge in [-0.1, -0.05) is 36.4 Å². The van der Waals surface area contributed by atoms with Gasteiger partial charge in [-0.25, -0.2) is 0 Å². The number of hydrogen-bond acceptors (Lipinski definition) is 2. The molecule has 0 atom stereocenters. The van der Waals surface area contributed by atoms with Gasteiger partial charge in [-0.05, 0) is 36.5 Å². The lowest BCUT2D eigenvalue weighted by Crippen LogP contribution is -1.98. The Hall–Kier alpha value is -1.67. The highest BCUT2D eigenvalue weighted by Gasteiger charge is 2.17. The number of hydrogen-bond donors (Lipinski definition) is 1. The van der Waals surface area contributed by atoms with Gasteiger partial charge in [-0.15, -0.1) is 0 Å². The molecule has 2 heteroatoms. The van der Waals surface area contributed by atoms with Crippen molar-refractivity contribution in [2.24, 2.45) is 0 Å². The monoisotopic (exact) mass is 228 g/mol. The van der Waals surface area contributed by atoms with Crippen LogP contribution in [0.15, 0.2) is 36.4 Å². The van der Waals surface area contributed by atoms with Gasteiger partial charge in [-0.3, -0.25) is 4.79 Å². The van der Waals surface area contributed by atoms with Crippen LogP contribution in [-0.2, 0) is 6.42 Å². The molecule has 0 radical (unpaired) electrons. The minimum Gasteiger partial charge on any atom is -0.396 e. The van der Waals surface area contributed by atoms with Crippen LogP contribution >= 0.6 is 0 Å². The summed E-state index contributed by atoms with van der Waals surface area (Å²) < 4.78 is 0. The van der Waals surface area contributed by atoms with E-state index in [4.69, 9.17) is 5.11 Å². The Morgan fingerprint density at radius 1 is 1.24 bits per heavy atom. The van der Waals surface area contributed by atoms with Gasteiger partial charge in [0.15, 0.2) is 5.78 Å². The summed E-state index contributed by atoms with van der Waals surface area (Å²) in [6.07, 6.45) is 1.45. The average molecular weight is 228 g/mol. The van der Waals surface area contributed by atoms with Gasteiger partial charge in [0, 0.05) is 12.2 Å². The summed E-state index contributed by atoms with van der Waals surface area (Å²) >= 11 is 0. The molecule has 0 unspecified atom stereocenters. The molecule has 2 rings (SSSR count). The first kappa shape index (κ1) is 11.8. The smallest absolute Gasteiger partial charge is 0.160 e. The number of aliphatic hydroxyl groups is 1. The molecule has 0 aliphatic heterocycles. The zero-order chi connectivity index (χ0) is 12.3. The number of fused-ring (bicyclic) bond motifs is 1. The fraction of sp³-hybridized carbons (Fsp3) is 0.267. The number of aryl methyl sites for hydroxylation is 1. The number of aliphatic hydroxyl groups excluding tert-OH is 1. The third kappa shape index (κ3) is 2.37. The standard InChI is InChI=1S/C15H16O2/c1-11(17)15-13(7-5-9-16)10-12-6-3-2-4-8-14(12)15/h2-4,6,8,10,16H,5,7,9H2,1H3. The maximum Gasteiger partial charge on any atom is 0.160 e.